The molecule has 4 nitrogen and oxygen atoms in total. The summed E-state index contributed by atoms with van der Waals surface area (Å²) < 4.78 is 0. The molecule has 0 aromatic heterocycles. The van der Waals surface area contributed by atoms with Gasteiger partial charge in [-0.3, -0.25) is 9.59 Å². The van der Waals surface area contributed by atoms with Gasteiger partial charge in [-0.05, 0) is 26.2 Å². The van der Waals surface area contributed by atoms with Gasteiger partial charge in [-0.25, -0.2) is 0 Å². The quantitative estimate of drug-likeness (QED) is 0.700. The van der Waals surface area contributed by atoms with Gasteiger partial charge in [0.25, 0.3) is 0 Å². The van der Waals surface area contributed by atoms with E-state index < -0.39 is 5.54 Å². The first-order valence-corrected chi connectivity index (χ1v) is 8.48. The van der Waals surface area contributed by atoms with E-state index in [2.05, 4.69) is 19.2 Å². The third kappa shape index (κ3) is 4.21. The topological polar surface area (TPSA) is 49.4 Å². The smallest absolute Gasteiger partial charge is 0.246 e. The van der Waals surface area contributed by atoms with Crippen LogP contribution in [0.25, 0.3) is 0 Å². The van der Waals surface area contributed by atoms with Crippen molar-refractivity contribution in [3.63, 3.8) is 0 Å². The minimum absolute atomic E-state index is 0.0269. The summed E-state index contributed by atoms with van der Waals surface area (Å²) in [6.45, 7) is 10.7. The number of carbonyl (C=O) groups excluding carboxylic acids is 2. The van der Waals surface area contributed by atoms with Crippen LogP contribution >= 0.6 is 0 Å². The maximum atomic E-state index is 12.7. The maximum Gasteiger partial charge on any atom is 0.246 e. The highest BCUT2D eigenvalue weighted by Crippen LogP contribution is 2.25. The van der Waals surface area contributed by atoms with Gasteiger partial charge in [-0.2, -0.15) is 0 Å². The van der Waals surface area contributed by atoms with Crippen LogP contribution in [0.15, 0.2) is 0 Å². The molecule has 2 unspecified atom stereocenters. The second-order valence-corrected chi connectivity index (χ2v) is 6.80. The minimum Gasteiger partial charge on any atom is -0.342 e. The Morgan fingerprint density at radius 2 is 1.76 bits per heavy atom. The van der Waals surface area contributed by atoms with Gasteiger partial charge in [-0.15, -0.1) is 0 Å². The van der Waals surface area contributed by atoms with Crippen molar-refractivity contribution in [3.8, 4) is 0 Å². The van der Waals surface area contributed by atoms with Gasteiger partial charge < -0.3 is 10.2 Å². The fourth-order valence-electron chi connectivity index (χ4n) is 2.83. The molecule has 0 aromatic rings. The van der Waals surface area contributed by atoms with E-state index in [0.29, 0.717) is 6.54 Å². The Labute approximate surface area is 129 Å². The zero-order valence-corrected chi connectivity index (χ0v) is 14.4. The lowest BCUT2D eigenvalue weighted by molar-refractivity contribution is -0.156. The van der Waals surface area contributed by atoms with Gasteiger partial charge >= 0.3 is 0 Å². The highest BCUT2D eigenvalue weighted by molar-refractivity contribution is 5.99. The highest BCUT2D eigenvalue weighted by atomic mass is 16.2. The van der Waals surface area contributed by atoms with Gasteiger partial charge in [0, 0.05) is 6.54 Å². The molecule has 0 saturated carbocycles. The first-order chi connectivity index (χ1) is 9.86. The van der Waals surface area contributed by atoms with Crippen LogP contribution in [-0.4, -0.2) is 34.8 Å². The number of hydrogen-bond donors (Lipinski definition) is 1. The Hall–Kier alpha value is -1.06. The Balaban J connectivity index is 2.71. The molecule has 0 aliphatic carbocycles. The second-order valence-electron chi connectivity index (χ2n) is 6.80. The summed E-state index contributed by atoms with van der Waals surface area (Å²) in [6, 6.07) is -0.355. The van der Waals surface area contributed by atoms with E-state index in [1.807, 2.05) is 20.8 Å². The van der Waals surface area contributed by atoms with Gasteiger partial charge in [-0.1, -0.05) is 52.9 Å². The van der Waals surface area contributed by atoms with E-state index in [0.717, 1.165) is 19.3 Å². The molecule has 21 heavy (non-hydrogen) atoms. The number of piperazine rings is 1. The van der Waals surface area contributed by atoms with Crippen molar-refractivity contribution in [3.05, 3.63) is 0 Å². The molecule has 122 valence electrons. The average Bonchev–Trinajstić information content (AvgIpc) is 2.45. The average molecular weight is 296 g/mol. The van der Waals surface area contributed by atoms with Crippen molar-refractivity contribution in [2.45, 2.75) is 84.7 Å². The molecule has 2 atom stereocenters. The molecule has 0 radical (unpaired) electrons. The lowest BCUT2D eigenvalue weighted by Crippen LogP contribution is -2.69. The van der Waals surface area contributed by atoms with Crippen LogP contribution in [0.2, 0.25) is 0 Å². The summed E-state index contributed by atoms with van der Waals surface area (Å²) in [7, 11) is 0. The van der Waals surface area contributed by atoms with Crippen LogP contribution in [0.1, 0.15) is 73.1 Å². The Morgan fingerprint density at radius 1 is 1.14 bits per heavy atom. The highest BCUT2D eigenvalue weighted by Gasteiger charge is 2.46. The molecule has 1 aliphatic heterocycles. The van der Waals surface area contributed by atoms with Crippen molar-refractivity contribution in [1.82, 2.24) is 10.2 Å². The van der Waals surface area contributed by atoms with Crippen molar-refractivity contribution < 1.29 is 9.59 Å². The van der Waals surface area contributed by atoms with Crippen LogP contribution < -0.4 is 5.32 Å². The third-order valence-corrected chi connectivity index (χ3v) is 4.75. The van der Waals surface area contributed by atoms with Crippen molar-refractivity contribution in [2.24, 2.45) is 5.92 Å². The van der Waals surface area contributed by atoms with Gasteiger partial charge in [0.05, 0.1) is 0 Å². The molecule has 4 heteroatoms. The van der Waals surface area contributed by atoms with Crippen LogP contribution in [-0.2, 0) is 9.59 Å². The lowest BCUT2D eigenvalue weighted by Gasteiger charge is -2.45. The molecule has 1 heterocycles. The second kappa shape index (κ2) is 7.81. The van der Waals surface area contributed by atoms with Crippen LogP contribution in [0, 0.1) is 5.92 Å². The van der Waals surface area contributed by atoms with E-state index in [1.165, 1.54) is 19.3 Å². The van der Waals surface area contributed by atoms with Crippen LogP contribution in [0.5, 0.6) is 0 Å². The number of hydrogen-bond acceptors (Lipinski definition) is 2. The Kier molecular flexibility index (Phi) is 6.69. The van der Waals surface area contributed by atoms with Crippen molar-refractivity contribution in [2.75, 3.05) is 6.54 Å². The molecule has 0 spiro atoms. The summed E-state index contributed by atoms with van der Waals surface area (Å²) in [5.74, 6) is 0.241. The molecule has 1 aliphatic rings. The number of rotatable bonds is 8. The molecule has 2 amide bonds. The first kappa shape index (κ1) is 18.0. The van der Waals surface area contributed by atoms with E-state index in [1.54, 1.807) is 4.90 Å². The monoisotopic (exact) mass is 296 g/mol. The molecular weight excluding hydrogens is 264 g/mol. The summed E-state index contributed by atoms with van der Waals surface area (Å²) in [5.41, 5.74) is -0.730. The summed E-state index contributed by atoms with van der Waals surface area (Å²) >= 11 is 0. The number of nitrogens with zero attached hydrogens (tertiary/aromatic N) is 1. The van der Waals surface area contributed by atoms with Crippen molar-refractivity contribution >= 4 is 11.8 Å². The van der Waals surface area contributed by atoms with Gasteiger partial charge in [0.2, 0.25) is 11.8 Å². The predicted molar refractivity (Wildman–Crippen MR) is 85.9 cm³/mol. The minimum atomic E-state index is -0.730. The van der Waals surface area contributed by atoms with E-state index in [-0.39, 0.29) is 23.8 Å². The summed E-state index contributed by atoms with van der Waals surface area (Å²) in [5, 5.41) is 2.92. The number of unbranched alkanes of at least 4 members (excludes halogenated alkanes) is 4. The molecule has 1 N–H and O–H groups in total. The summed E-state index contributed by atoms with van der Waals surface area (Å²) in [6.07, 6.45) is 6.67. The van der Waals surface area contributed by atoms with E-state index in [9.17, 15) is 9.59 Å². The number of carbonyl (C=O) groups is 2. The Morgan fingerprint density at radius 3 is 2.33 bits per heavy atom. The third-order valence-electron chi connectivity index (χ3n) is 4.75. The Bertz CT molecular complexity index is 366. The standard InChI is InChI=1S/C17H32N2O2/c1-6-8-9-10-11-12-19-15(20)14(13(3)7-2)18-16(21)17(19,4)5/h13-14H,6-12H2,1-5H3,(H,18,21). The SMILES string of the molecule is CCCCCCCN1C(=O)C(C(C)CC)NC(=O)C1(C)C. The molecule has 1 rings (SSSR count). The van der Waals surface area contributed by atoms with Crippen LogP contribution in [0.3, 0.4) is 0 Å². The summed E-state index contributed by atoms with van der Waals surface area (Å²) in [4.78, 5) is 26.9. The van der Waals surface area contributed by atoms with E-state index >= 15 is 0 Å². The first-order valence-electron chi connectivity index (χ1n) is 8.48. The zero-order chi connectivity index (χ0) is 16.0. The zero-order valence-electron chi connectivity index (χ0n) is 14.4. The number of nitrogens with one attached hydrogen (secondary N) is 1. The fourth-order valence-corrected chi connectivity index (χ4v) is 2.83. The van der Waals surface area contributed by atoms with Gasteiger partial charge in [0.1, 0.15) is 11.6 Å². The lowest BCUT2D eigenvalue weighted by atomic mass is 9.89. The normalized spacial score (nSPS) is 23.1. The number of amides is 2. The molecular formula is C17H32N2O2. The molecule has 1 fully saturated rings. The van der Waals surface area contributed by atoms with Crippen molar-refractivity contribution in [1.29, 1.82) is 0 Å². The molecule has 0 aromatic carbocycles. The van der Waals surface area contributed by atoms with E-state index in [4.69, 9.17) is 0 Å². The largest absolute Gasteiger partial charge is 0.342 e. The molecule has 1 saturated heterocycles. The fraction of sp³-hybridized carbons (Fsp3) is 0.882. The predicted octanol–water partition coefficient (Wildman–Crippen LogP) is 3.11. The maximum absolute atomic E-state index is 12.7. The van der Waals surface area contributed by atoms with Gasteiger partial charge in [0.15, 0.2) is 0 Å². The molecule has 0 bridgehead atoms. The van der Waals surface area contributed by atoms with Crippen LogP contribution in [0.4, 0.5) is 0 Å².